The predicted molar refractivity (Wildman–Crippen MR) is 71.0 cm³/mol. The van der Waals surface area contributed by atoms with Crippen LogP contribution in [0.15, 0.2) is 0 Å². The average molecular weight is 258 g/mol. The maximum Gasteiger partial charge on any atom is 0.245 e. The van der Waals surface area contributed by atoms with Crippen molar-refractivity contribution in [3.8, 4) is 0 Å². The fraction of sp³-hybridized carbons (Fsp3) is 0.833. The number of hydrogen-bond donors (Lipinski definition) is 1. The first-order valence-electron chi connectivity index (χ1n) is 6.25. The van der Waals surface area contributed by atoms with E-state index in [1.165, 1.54) is 0 Å². The zero-order valence-electron chi connectivity index (χ0n) is 10.9. The first-order chi connectivity index (χ1) is 8.15. The fourth-order valence-corrected chi connectivity index (χ4v) is 2.50. The van der Waals surface area contributed by atoms with Crippen molar-refractivity contribution in [2.75, 3.05) is 18.6 Å². The van der Waals surface area contributed by atoms with Gasteiger partial charge in [0.15, 0.2) is 0 Å². The molecule has 2 unspecified atom stereocenters. The number of rotatable bonds is 6. The van der Waals surface area contributed by atoms with Crippen LogP contribution < -0.4 is 5.32 Å². The Balaban J connectivity index is 2.79. The average Bonchev–Trinajstić information content (AvgIpc) is 2.33. The minimum atomic E-state index is -0.322. The van der Waals surface area contributed by atoms with Crippen molar-refractivity contribution in [3.05, 3.63) is 0 Å². The molecule has 0 bridgehead atoms. The van der Waals surface area contributed by atoms with Crippen LogP contribution in [-0.4, -0.2) is 47.4 Å². The van der Waals surface area contributed by atoms with Crippen molar-refractivity contribution in [1.82, 2.24) is 10.2 Å². The van der Waals surface area contributed by atoms with Crippen molar-refractivity contribution in [3.63, 3.8) is 0 Å². The molecule has 0 aromatic rings. The first-order valence-corrected chi connectivity index (χ1v) is 7.64. The van der Waals surface area contributed by atoms with Gasteiger partial charge in [-0.15, -0.1) is 0 Å². The van der Waals surface area contributed by atoms with E-state index in [1.807, 2.05) is 20.1 Å². The van der Waals surface area contributed by atoms with E-state index >= 15 is 0 Å². The van der Waals surface area contributed by atoms with E-state index in [-0.39, 0.29) is 23.9 Å². The Hall–Kier alpha value is -0.710. The number of nitrogens with one attached hydrogen (secondary N) is 1. The largest absolute Gasteiger partial charge is 0.343 e. The van der Waals surface area contributed by atoms with Crippen LogP contribution in [0.1, 0.15) is 33.1 Å². The molecule has 0 aromatic carbocycles. The van der Waals surface area contributed by atoms with E-state index in [1.54, 1.807) is 16.7 Å². The molecule has 98 valence electrons. The number of carbonyl (C=O) groups excluding carboxylic acids is 2. The fourth-order valence-electron chi connectivity index (χ4n) is 2.12. The van der Waals surface area contributed by atoms with Crippen LogP contribution in [-0.2, 0) is 9.59 Å². The van der Waals surface area contributed by atoms with Gasteiger partial charge in [0.2, 0.25) is 11.8 Å². The SMILES string of the molecule is CCCC1C(=O)NC(CC)C(=O)N1CCSC. The molecule has 2 amide bonds. The summed E-state index contributed by atoms with van der Waals surface area (Å²) in [5.41, 5.74) is 0. The van der Waals surface area contributed by atoms with Crippen LogP contribution in [0.5, 0.6) is 0 Å². The molecule has 17 heavy (non-hydrogen) atoms. The lowest BCUT2D eigenvalue weighted by molar-refractivity contribution is -0.149. The van der Waals surface area contributed by atoms with Crippen LogP contribution in [0.4, 0.5) is 0 Å². The predicted octanol–water partition coefficient (Wildman–Crippen LogP) is 1.26. The molecule has 4 nitrogen and oxygen atoms in total. The quantitative estimate of drug-likeness (QED) is 0.780. The molecule has 0 saturated carbocycles. The Morgan fingerprint density at radius 1 is 1.35 bits per heavy atom. The maximum atomic E-state index is 12.2. The lowest BCUT2D eigenvalue weighted by Crippen LogP contribution is -2.63. The normalized spacial score (nSPS) is 25.0. The van der Waals surface area contributed by atoms with Gasteiger partial charge < -0.3 is 10.2 Å². The molecule has 0 radical (unpaired) electrons. The number of thioether (sulfide) groups is 1. The zero-order valence-corrected chi connectivity index (χ0v) is 11.7. The van der Waals surface area contributed by atoms with Crippen LogP contribution in [0.25, 0.3) is 0 Å². The Morgan fingerprint density at radius 3 is 2.59 bits per heavy atom. The summed E-state index contributed by atoms with van der Waals surface area (Å²) in [6, 6.07) is -0.583. The second kappa shape index (κ2) is 6.89. The van der Waals surface area contributed by atoms with E-state index in [0.29, 0.717) is 13.0 Å². The van der Waals surface area contributed by atoms with Crippen molar-refractivity contribution in [1.29, 1.82) is 0 Å². The highest BCUT2D eigenvalue weighted by molar-refractivity contribution is 7.98. The van der Waals surface area contributed by atoms with E-state index < -0.39 is 0 Å². The highest BCUT2D eigenvalue weighted by Crippen LogP contribution is 2.16. The third kappa shape index (κ3) is 3.37. The summed E-state index contributed by atoms with van der Waals surface area (Å²) in [7, 11) is 0. The summed E-state index contributed by atoms with van der Waals surface area (Å²) in [5.74, 6) is 0.981. The molecular weight excluding hydrogens is 236 g/mol. The third-order valence-corrected chi connectivity index (χ3v) is 3.67. The molecular formula is C12H22N2O2S. The van der Waals surface area contributed by atoms with Gasteiger partial charge in [0, 0.05) is 12.3 Å². The molecule has 1 fully saturated rings. The van der Waals surface area contributed by atoms with Crippen LogP contribution in [0, 0.1) is 0 Å². The van der Waals surface area contributed by atoms with Crippen molar-refractivity contribution in [2.24, 2.45) is 0 Å². The number of carbonyl (C=O) groups is 2. The summed E-state index contributed by atoms with van der Waals surface area (Å²) in [6.07, 6.45) is 4.35. The second-order valence-electron chi connectivity index (χ2n) is 4.30. The zero-order chi connectivity index (χ0) is 12.8. The van der Waals surface area contributed by atoms with Crippen LogP contribution in [0.2, 0.25) is 0 Å². The van der Waals surface area contributed by atoms with Gasteiger partial charge in [-0.3, -0.25) is 9.59 Å². The lowest BCUT2D eigenvalue weighted by atomic mass is 10.0. The van der Waals surface area contributed by atoms with Gasteiger partial charge in [-0.1, -0.05) is 20.3 Å². The molecule has 1 aliphatic rings. The number of hydrogen-bond acceptors (Lipinski definition) is 3. The Bertz CT molecular complexity index is 284. The Morgan fingerprint density at radius 2 is 2.06 bits per heavy atom. The van der Waals surface area contributed by atoms with Gasteiger partial charge >= 0.3 is 0 Å². The molecule has 0 aromatic heterocycles. The molecule has 2 atom stereocenters. The van der Waals surface area contributed by atoms with Gasteiger partial charge in [0.05, 0.1) is 0 Å². The maximum absolute atomic E-state index is 12.2. The number of nitrogens with zero attached hydrogens (tertiary/aromatic N) is 1. The number of amides is 2. The summed E-state index contributed by atoms with van der Waals surface area (Å²) in [5, 5.41) is 2.82. The van der Waals surface area contributed by atoms with E-state index in [9.17, 15) is 9.59 Å². The Labute approximate surface area is 108 Å². The van der Waals surface area contributed by atoms with Crippen molar-refractivity contribution < 1.29 is 9.59 Å². The highest BCUT2D eigenvalue weighted by atomic mass is 32.2. The summed E-state index contributed by atoms with van der Waals surface area (Å²) < 4.78 is 0. The summed E-state index contributed by atoms with van der Waals surface area (Å²) in [4.78, 5) is 25.9. The second-order valence-corrected chi connectivity index (χ2v) is 5.28. The van der Waals surface area contributed by atoms with Crippen LogP contribution in [0.3, 0.4) is 0 Å². The van der Waals surface area contributed by atoms with E-state index in [2.05, 4.69) is 5.32 Å². The van der Waals surface area contributed by atoms with Crippen molar-refractivity contribution >= 4 is 23.6 Å². The molecule has 0 spiro atoms. The van der Waals surface area contributed by atoms with Crippen LogP contribution >= 0.6 is 11.8 Å². The molecule has 1 rings (SSSR count). The summed E-state index contributed by atoms with van der Waals surface area (Å²) in [6.45, 7) is 4.64. The van der Waals surface area contributed by atoms with Gasteiger partial charge in [-0.25, -0.2) is 0 Å². The highest BCUT2D eigenvalue weighted by Gasteiger charge is 2.38. The topological polar surface area (TPSA) is 49.4 Å². The van der Waals surface area contributed by atoms with Gasteiger partial charge in [-0.2, -0.15) is 11.8 Å². The smallest absolute Gasteiger partial charge is 0.245 e. The Kier molecular flexibility index (Phi) is 5.82. The van der Waals surface area contributed by atoms with E-state index in [0.717, 1.165) is 18.6 Å². The molecule has 1 N–H and O–H groups in total. The standard InChI is InChI=1S/C12H22N2O2S/c1-4-6-10-11(15)13-9(5-2)12(16)14(10)7-8-17-3/h9-10H,4-8H2,1-3H3,(H,13,15). The number of piperazine rings is 1. The molecule has 1 saturated heterocycles. The molecule has 0 aliphatic carbocycles. The monoisotopic (exact) mass is 258 g/mol. The van der Waals surface area contributed by atoms with Crippen molar-refractivity contribution in [2.45, 2.75) is 45.2 Å². The van der Waals surface area contributed by atoms with Gasteiger partial charge in [0.25, 0.3) is 0 Å². The molecule has 5 heteroatoms. The lowest BCUT2D eigenvalue weighted by Gasteiger charge is -2.38. The van der Waals surface area contributed by atoms with Gasteiger partial charge in [0.1, 0.15) is 12.1 Å². The minimum absolute atomic E-state index is 0.0133. The summed E-state index contributed by atoms with van der Waals surface area (Å²) >= 11 is 1.70. The third-order valence-electron chi connectivity index (χ3n) is 3.08. The minimum Gasteiger partial charge on any atom is -0.343 e. The molecule has 1 aliphatic heterocycles. The molecule has 1 heterocycles. The first kappa shape index (κ1) is 14.4. The van der Waals surface area contributed by atoms with E-state index in [4.69, 9.17) is 0 Å². The van der Waals surface area contributed by atoms with Gasteiger partial charge in [-0.05, 0) is 19.1 Å².